The fraction of sp³-hybridized carbons (Fsp3) is 0.259. The zero-order valence-electron chi connectivity index (χ0n) is 17.2. The zero-order valence-corrected chi connectivity index (χ0v) is 17.2. The maximum atomic E-state index is 6.41. The van der Waals surface area contributed by atoms with E-state index in [0.717, 1.165) is 30.4 Å². The largest absolute Gasteiger partial charge is 0.489 e. The van der Waals surface area contributed by atoms with Crippen LogP contribution in [0.5, 0.6) is 0 Å². The number of aromatic nitrogens is 1. The first-order chi connectivity index (χ1) is 14.7. The van der Waals surface area contributed by atoms with Crippen molar-refractivity contribution in [2.75, 3.05) is 0 Å². The van der Waals surface area contributed by atoms with Gasteiger partial charge in [0.05, 0.1) is 5.52 Å². The number of nitrogens with zero attached hydrogens (tertiary/aromatic N) is 1. The van der Waals surface area contributed by atoms with E-state index in [2.05, 4.69) is 67.0 Å². The summed E-state index contributed by atoms with van der Waals surface area (Å²) in [6, 6.07) is 13.3. The molecule has 3 aliphatic rings. The maximum absolute atomic E-state index is 6.41. The molecule has 2 aromatic carbocycles. The van der Waals surface area contributed by atoms with E-state index in [1.165, 1.54) is 49.8 Å². The van der Waals surface area contributed by atoms with Gasteiger partial charge in [0.25, 0.3) is 0 Å². The van der Waals surface area contributed by atoms with Gasteiger partial charge in [0.15, 0.2) is 0 Å². The molecule has 0 bridgehead atoms. The van der Waals surface area contributed by atoms with Crippen molar-refractivity contribution in [2.45, 2.75) is 45.3 Å². The number of hydrogen-bond donors (Lipinski definition) is 0. The lowest BCUT2D eigenvalue weighted by atomic mass is 9.88. The summed E-state index contributed by atoms with van der Waals surface area (Å²) in [7, 11) is 0. The predicted molar refractivity (Wildman–Crippen MR) is 122 cm³/mol. The number of fused-ring (bicyclic) bond motifs is 8. The number of benzene rings is 2. The van der Waals surface area contributed by atoms with E-state index in [1.54, 1.807) is 0 Å². The molecule has 3 heteroatoms. The van der Waals surface area contributed by atoms with Crippen molar-refractivity contribution in [3.8, 4) is 0 Å². The molecule has 7 rings (SSSR count). The molecule has 0 amide bonds. The first kappa shape index (κ1) is 16.6. The summed E-state index contributed by atoms with van der Waals surface area (Å²) < 4.78 is 15.1. The number of hydrogen-bond acceptors (Lipinski definition) is 2. The summed E-state index contributed by atoms with van der Waals surface area (Å²) in [6.45, 7) is 4.53. The highest BCUT2D eigenvalue weighted by Crippen LogP contribution is 2.46. The lowest BCUT2D eigenvalue weighted by Gasteiger charge is -2.23. The van der Waals surface area contributed by atoms with Crippen LogP contribution in [0.4, 0.5) is 0 Å². The molecule has 1 atom stereocenters. The Balaban J connectivity index is 1.56. The summed E-state index contributed by atoms with van der Waals surface area (Å²) in [4.78, 5) is 0. The molecule has 0 fully saturated rings. The van der Waals surface area contributed by atoms with E-state index in [-0.39, 0.29) is 6.10 Å². The van der Waals surface area contributed by atoms with E-state index in [9.17, 15) is 0 Å². The summed E-state index contributed by atoms with van der Waals surface area (Å²) in [5.74, 6) is 1.18. The van der Waals surface area contributed by atoms with Crippen LogP contribution in [-0.2, 0) is 11.2 Å². The fourth-order valence-electron chi connectivity index (χ4n) is 5.65. The molecular formula is C27H23NO2. The van der Waals surface area contributed by atoms with Gasteiger partial charge in [-0.1, -0.05) is 30.4 Å². The van der Waals surface area contributed by atoms with Crippen molar-refractivity contribution >= 4 is 38.9 Å². The molecule has 4 aromatic rings. The van der Waals surface area contributed by atoms with Crippen LogP contribution in [-0.4, -0.2) is 10.7 Å². The molecule has 0 saturated carbocycles. The van der Waals surface area contributed by atoms with Gasteiger partial charge in [0.2, 0.25) is 0 Å². The minimum Gasteiger partial charge on any atom is -0.489 e. The molecule has 1 aliphatic heterocycles. The highest BCUT2D eigenvalue weighted by molar-refractivity contribution is 6.11. The molecule has 2 aromatic heterocycles. The third-order valence-corrected chi connectivity index (χ3v) is 6.91. The third-order valence-electron chi connectivity index (χ3n) is 6.91. The van der Waals surface area contributed by atoms with Crippen LogP contribution in [0.2, 0.25) is 0 Å². The Labute approximate surface area is 174 Å². The third kappa shape index (κ3) is 2.05. The minimum atomic E-state index is 0.149. The van der Waals surface area contributed by atoms with Gasteiger partial charge in [-0.05, 0) is 38.5 Å². The number of rotatable bonds is 1. The second kappa shape index (κ2) is 5.69. The Kier molecular flexibility index (Phi) is 3.15. The van der Waals surface area contributed by atoms with Gasteiger partial charge in [-0.25, -0.2) is 0 Å². The average molecular weight is 393 g/mol. The maximum Gasteiger partial charge on any atom is 0.137 e. The van der Waals surface area contributed by atoms with Crippen LogP contribution in [0.1, 0.15) is 44.0 Å². The molecule has 3 nitrogen and oxygen atoms in total. The van der Waals surface area contributed by atoms with E-state index < -0.39 is 0 Å². The molecule has 30 heavy (non-hydrogen) atoms. The van der Waals surface area contributed by atoms with E-state index in [0.29, 0.717) is 6.04 Å². The van der Waals surface area contributed by atoms with E-state index in [1.807, 2.05) is 6.07 Å². The topological polar surface area (TPSA) is 27.3 Å². The normalized spacial score (nSPS) is 20.1. The van der Waals surface area contributed by atoms with Crippen molar-refractivity contribution in [2.24, 2.45) is 0 Å². The molecule has 148 valence electrons. The average Bonchev–Trinajstić information content (AvgIpc) is 3.39. The van der Waals surface area contributed by atoms with Crippen molar-refractivity contribution in [3.05, 3.63) is 76.7 Å². The number of para-hydroxylation sites is 1. The molecule has 0 spiro atoms. The van der Waals surface area contributed by atoms with Crippen LogP contribution in [0.3, 0.4) is 0 Å². The van der Waals surface area contributed by atoms with E-state index in [4.69, 9.17) is 9.15 Å². The molecular weight excluding hydrogens is 370 g/mol. The van der Waals surface area contributed by atoms with Gasteiger partial charge in [-0.15, -0.1) is 0 Å². The van der Waals surface area contributed by atoms with Crippen LogP contribution in [0, 0.1) is 0 Å². The Morgan fingerprint density at radius 2 is 1.93 bits per heavy atom. The Morgan fingerprint density at radius 1 is 1.03 bits per heavy atom. The molecule has 0 saturated heterocycles. The van der Waals surface area contributed by atoms with Crippen LogP contribution in [0.25, 0.3) is 38.9 Å². The Bertz CT molecular complexity index is 1470. The monoisotopic (exact) mass is 393 g/mol. The molecule has 3 heterocycles. The van der Waals surface area contributed by atoms with Gasteiger partial charge < -0.3 is 13.7 Å². The summed E-state index contributed by atoms with van der Waals surface area (Å²) in [5, 5.41) is 3.70. The fourth-order valence-corrected chi connectivity index (χ4v) is 5.65. The minimum absolute atomic E-state index is 0.149. The quantitative estimate of drug-likeness (QED) is 0.346. The van der Waals surface area contributed by atoms with Crippen molar-refractivity contribution in [1.82, 2.24) is 4.57 Å². The predicted octanol–water partition coefficient (Wildman–Crippen LogP) is 7.06. The van der Waals surface area contributed by atoms with Crippen molar-refractivity contribution in [3.63, 3.8) is 0 Å². The molecule has 0 radical (unpaired) electrons. The van der Waals surface area contributed by atoms with Crippen LogP contribution in [0.15, 0.2) is 69.9 Å². The van der Waals surface area contributed by atoms with E-state index >= 15 is 0 Å². The summed E-state index contributed by atoms with van der Waals surface area (Å²) in [5.41, 5.74) is 8.58. The SMILES string of the molecule is CC(C)n1c2c(c3cc4c(cc31)oc1ccccc14)C=C1C3=C(CCC=C3)O[C@@H]1C2. The molecule has 2 aliphatic carbocycles. The number of furan rings is 1. The Hall–Kier alpha value is -3.20. The first-order valence-electron chi connectivity index (χ1n) is 11.0. The highest BCUT2D eigenvalue weighted by Gasteiger charge is 2.36. The summed E-state index contributed by atoms with van der Waals surface area (Å²) in [6.07, 6.45) is 10.1. The summed E-state index contributed by atoms with van der Waals surface area (Å²) >= 11 is 0. The van der Waals surface area contributed by atoms with Gasteiger partial charge in [0, 0.05) is 63.5 Å². The lowest BCUT2D eigenvalue weighted by molar-refractivity contribution is 0.156. The van der Waals surface area contributed by atoms with Crippen molar-refractivity contribution < 1.29 is 9.15 Å². The van der Waals surface area contributed by atoms with Gasteiger partial charge in [-0.3, -0.25) is 0 Å². The van der Waals surface area contributed by atoms with Gasteiger partial charge >= 0.3 is 0 Å². The number of allylic oxidation sites excluding steroid dienone is 3. The lowest BCUT2D eigenvalue weighted by Crippen LogP contribution is -2.20. The van der Waals surface area contributed by atoms with Crippen LogP contribution < -0.4 is 0 Å². The van der Waals surface area contributed by atoms with Crippen LogP contribution >= 0.6 is 0 Å². The zero-order chi connectivity index (χ0) is 20.0. The molecule has 0 N–H and O–H groups in total. The van der Waals surface area contributed by atoms with Gasteiger partial charge in [-0.2, -0.15) is 0 Å². The standard InChI is InChI=1S/C27H23NO2/c1-15(2)28-22-13-26-20(16-7-3-5-9-24(16)29-26)11-18(22)19-12-21-17-8-4-6-10-25(17)30-27(21)14-23(19)28/h3-5,7-9,11-13,15,27H,6,10,14H2,1-2H3/t27-/m1/s1. The second-order valence-corrected chi connectivity index (χ2v) is 8.98. The van der Waals surface area contributed by atoms with Gasteiger partial charge in [0.1, 0.15) is 23.0 Å². The highest BCUT2D eigenvalue weighted by atomic mass is 16.5. The number of ether oxygens (including phenoxy) is 1. The smallest absolute Gasteiger partial charge is 0.137 e. The molecule has 0 unspecified atom stereocenters. The first-order valence-corrected chi connectivity index (χ1v) is 11.0. The second-order valence-electron chi connectivity index (χ2n) is 8.98. The Morgan fingerprint density at radius 3 is 2.83 bits per heavy atom. The van der Waals surface area contributed by atoms with Crippen molar-refractivity contribution in [1.29, 1.82) is 0 Å².